The molecule has 5 nitrogen and oxygen atoms in total. The molecule has 7 heteroatoms. The number of piperidine rings is 1. The number of carbonyl (C=O) groups excluding carboxylic acids is 1. The molecule has 3 heterocycles. The van der Waals surface area contributed by atoms with Crippen LogP contribution in [-0.4, -0.2) is 38.8 Å². The van der Waals surface area contributed by atoms with Crippen LogP contribution in [0.1, 0.15) is 41.1 Å². The molecule has 0 unspecified atom stereocenters. The van der Waals surface area contributed by atoms with E-state index in [1.807, 2.05) is 49.6 Å². The third-order valence-corrected chi connectivity index (χ3v) is 6.40. The molecule has 3 aromatic rings. The first kappa shape index (κ1) is 22.1. The van der Waals surface area contributed by atoms with Gasteiger partial charge in [0.1, 0.15) is 0 Å². The van der Waals surface area contributed by atoms with Crippen LogP contribution in [0, 0.1) is 6.92 Å². The number of hydrogen-bond acceptors (Lipinski definition) is 5. The number of amides is 1. The van der Waals surface area contributed by atoms with Gasteiger partial charge in [-0.2, -0.15) is 0 Å². The highest BCUT2D eigenvalue weighted by atomic mass is 32.2. The molecule has 0 aliphatic carbocycles. The summed E-state index contributed by atoms with van der Waals surface area (Å²) in [5.74, 6) is -0.487. The van der Waals surface area contributed by atoms with Gasteiger partial charge in [-0.15, -0.1) is 0 Å². The van der Waals surface area contributed by atoms with E-state index in [-0.39, 0.29) is 5.92 Å². The van der Waals surface area contributed by atoms with Crippen molar-refractivity contribution in [2.75, 3.05) is 13.1 Å². The van der Waals surface area contributed by atoms with Crippen molar-refractivity contribution >= 4 is 23.7 Å². The number of hydrogen-bond donors (Lipinski definition) is 0. The van der Waals surface area contributed by atoms with Gasteiger partial charge in [-0.25, -0.2) is 14.4 Å². The van der Waals surface area contributed by atoms with E-state index in [0.717, 1.165) is 35.4 Å². The number of carbonyl (C=O) groups is 1. The van der Waals surface area contributed by atoms with Crippen LogP contribution in [0.3, 0.4) is 0 Å². The summed E-state index contributed by atoms with van der Waals surface area (Å²) in [6.45, 7) is 3.00. The van der Waals surface area contributed by atoms with Crippen LogP contribution in [-0.2, 0) is 10.5 Å². The van der Waals surface area contributed by atoms with Crippen LogP contribution in [0.4, 0.5) is 4.39 Å². The molecule has 1 aromatic carbocycles. The van der Waals surface area contributed by atoms with Gasteiger partial charge >= 0.3 is 0 Å². The number of benzene rings is 1. The molecule has 32 heavy (non-hydrogen) atoms. The minimum absolute atomic E-state index is 0.0676. The molecule has 164 valence electrons. The number of thioether (sulfide) groups is 1. The third kappa shape index (κ3) is 5.59. The van der Waals surface area contributed by atoms with Gasteiger partial charge in [0.15, 0.2) is 11.0 Å². The Morgan fingerprint density at radius 3 is 2.84 bits per heavy atom. The lowest BCUT2D eigenvalue weighted by Gasteiger charge is -2.32. The number of rotatable bonds is 6. The highest BCUT2D eigenvalue weighted by molar-refractivity contribution is 7.98. The first-order valence-corrected chi connectivity index (χ1v) is 11.7. The molecule has 0 bridgehead atoms. The predicted molar refractivity (Wildman–Crippen MR) is 125 cm³/mol. The van der Waals surface area contributed by atoms with E-state index in [1.165, 1.54) is 6.08 Å². The standard InChI is InChI=1S/C25H25FN4OS/c1-18-14-28-25(32-17-20-9-5-11-27-15-20)29-23(18)21-10-6-12-30(16-21)24(31)22(26)13-19-7-3-2-4-8-19/h2-5,7-9,11,13-15,21H,6,10,12,16-17H2,1H3/b22-13-/t21-/m1/s1. The summed E-state index contributed by atoms with van der Waals surface area (Å²) in [6.07, 6.45) is 8.46. The van der Waals surface area contributed by atoms with Gasteiger partial charge in [0.2, 0.25) is 0 Å². The molecule has 4 rings (SSSR count). The van der Waals surface area contributed by atoms with Gasteiger partial charge in [0.05, 0.1) is 5.69 Å². The summed E-state index contributed by atoms with van der Waals surface area (Å²) in [6, 6.07) is 13.0. The molecule has 1 aliphatic heterocycles. The van der Waals surface area contributed by atoms with Gasteiger partial charge in [0.25, 0.3) is 5.91 Å². The Bertz CT molecular complexity index is 1090. The fraction of sp³-hybridized carbons (Fsp3) is 0.280. The molecule has 0 spiro atoms. The second kappa shape index (κ2) is 10.5. The minimum Gasteiger partial charge on any atom is -0.336 e. The van der Waals surface area contributed by atoms with E-state index in [9.17, 15) is 9.18 Å². The SMILES string of the molecule is Cc1cnc(SCc2cccnc2)nc1[C@@H]1CCCN(C(=O)/C(F)=C/c2ccccc2)C1. The summed E-state index contributed by atoms with van der Waals surface area (Å²) in [4.78, 5) is 27.7. The fourth-order valence-corrected chi connectivity index (χ4v) is 4.60. The Kier molecular flexibility index (Phi) is 7.27. The first-order valence-electron chi connectivity index (χ1n) is 10.7. The van der Waals surface area contributed by atoms with Crippen LogP contribution in [0.15, 0.2) is 72.0 Å². The number of nitrogens with zero attached hydrogens (tertiary/aromatic N) is 4. The predicted octanol–water partition coefficient (Wildman–Crippen LogP) is 5.19. The van der Waals surface area contributed by atoms with Crippen molar-refractivity contribution in [3.63, 3.8) is 0 Å². The summed E-state index contributed by atoms with van der Waals surface area (Å²) in [5.41, 5.74) is 3.72. The van der Waals surface area contributed by atoms with Gasteiger partial charge in [-0.3, -0.25) is 9.78 Å². The third-order valence-electron chi connectivity index (χ3n) is 5.47. The lowest BCUT2D eigenvalue weighted by atomic mass is 9.92. The maximum atomic E-state index is 14.6. The molecular formula is C25H25FN4OS. The Morgan fingerprint density at radius 1 is 1.22 bits per heavy atom. The van der Waals surface area contributed by atoms with E-state index in [4.69, 9.17) is 4.98 Å². The van der Waals surface area contributed by atoms with Gasteiger partial charge < -0.3 is 4.90 Å². The number of aromatic nitrogens is 3. The highest BCUT2D eigenvalue weighted by Crippen LogP contribution is 2.30. The van der Waals surface area contributed by atoms with Crippen molar-refractivity contribution < 1.29 is 9.18 Å². The number of aryl methyl sites for hydroxylation is 1. The molecular weight excluding hydrogens is 423 g/mol. The second-order valence-electron chi connectivity index (χ2n) is 7.86. The lowest BCUT2D eigenvalue weighted by molar-refractivity contribution is -0.129. The maximum absolute atomic E-state index is 14.6. The number of likely N-dealkylation sites (tertiary alicyclic amines) is 1. The molecule has 1 atom stereocenters. The molecule has 1 aliphatic rings. The first-order chi connectivity index (χ1) is 15.6. The van der Waals surface area contributed by atoms with Crippen LogP contribution < -0.4 is 0 Å². The molecule has 0 N–H and O–H groups in total. The average molecular weight is 449 g/mol. The quantitative estimate of drug-likeness (QED) is 0.295. The molecule has 2 aromatic heterocycles. The second-order valence-corrected chi connectivity index (χ2v) is 8.81. The van der Waals surface area contributed by atoms with Crippen molar-refractivity contribution in [2.45, 2.75) is 36.6 Å². The summed E-state index contributed by atoms with van der Waals surface area (Å²) in [7, 11) is 0. The van der Waals surface area contributed by atoms with Gasteiger partial charge in [0, 0.05) is 43.4 Å². The average Bonchev–Trinajstić information content (AvgIpc) is 2.84. The van der Waals surface area contributed by atoms with Gasteiger partial charge in [-0.1, -0.05) is 48.2 Å². The monoisotopic (exact) mass is 448 g/mol. The van der Waals surface area contributed by atoms with E-state index >= 15 is 0 Å². The Balaban J connectivity index is 1.45. The van der Waals surface area contributed by atoms with Crippen molar-refractivity contribution in [3.8, 4) is 0 Å². The maximum Gasteiger partial charge on any atom is 0.282 e. The highest BCUT2D eigenvalue weighted by Gasteiger charge is 2.28. The normalized spacial score (nSPS) is 16.8. The van der Waals surface area contributed by atoms with Gasteiger partial charge in [-0.05, 0) is 48.6 Å². The summed E-state index contributed by atoms with van der Waals surface area (Å²) >= 11 is 1.56. The zero-order valence-corrected chi connectivity index (χ0v) is 18.8. The van der Waals surface area contributed by atoms with Crippen LogP contribution in [0.25, 0.3) is 6.08 Å². The molecule has 1 fully saturated rings. The van der Waals surface area contributed by atoms with Crippen LogP contribution >= 0.6 is 11.8 Å². The molecule has 1 saturated heterocycles. The smallest absolute Gasteiger partial charge is 0.282 e. The van der Waals surface area contributed by atoms with Crippen molar-refractivity contribution in [2.24, 2.45) is 0 Å². The zero-order valence-electron chi connectivity index (χ0n) is 17.9. The van der Waals surface area contributed by atoms with Crippen LogP contribution in [0.5, 0.6) is 0 Å². The van der Waals surface area contributed by atoms with Crippen molar-refractivity contribution in [1.29, 1.82) is 0 Å². The molecule has 0 saturated carbocycles. The molecule has 0 radical (unpaired) electrons. The zero-order chi connectivity index (χ0) is 22.3. The Morgan fingerprint density at radius 2 is 2.06 bits per heavy atom. The van der Waals surface area contributed by atoms with E-state index < -0.39 is 11.7 Å². The Hall–Kier alpha value is -3.06. The summed E-state index contributed by atoms with van der Waals surface area (Å²) in [5, 5.41) is 0.702. The van der Waals surface area contributed by atoms with E-state index in [1.54, 1.807) is 35.0 Å². The van der Waals surface area contributed by atoms with Crippen molar-refractivity contribution in [3.05, 3.63) is 89.3 Å². The Labute approximate surface area is 191 Å². The van der Waals surface area contributed by atoms with E-state index in [2.05, 4.69) is 9.97 Å². The topological polar surface area (TPSA) is 59.0 Å². The summed E-state index contributed by atoms with van der Waals surface area (Å²) < 4.78 is 14.6. The molecule has 1 amide bonds. The lowest BCUT2D eigenvalue weighted by Crippen LogP contribution is -2.39. The van der Waals surface area contributed by atoms with E-state index in [0.29, 0.717) is 23.8 Å². The fourth-order valence-electron chi connectivity index (χ4n) is 3.85. The largest absolute Gasteiger partial charge is 0.336 e. The van der Waals surface area contributed by atoms with Crippen molar-refractivity contribution in [1.82, 2.24) is 19.9 Å². The number of halogens is 1. The number of pyridine rings is 1. The van der Waals surface area contributed by atoms with Crippen LogP contribution in [0.2, 0.25) is 0 Å². The minimum atomic E-state index is -0.732.